The average molecular weight is 285 g/mol. The van der Waals surface area contributed by atoms with Crippen molar-refractivity contribution in [3.05, 3.63) is 58.2 Å². The monoisotopic (exact) mass is 285 g/mol. The molecule has 1 unspecified atom stereocenters. The summed E-state index contributed by atoms with van der Waals surface area (Å²) in [4.78, 5) is 12.1. The fourth-order valence-corrected chi connectivity index (χ4v) is 3.01. The zero-order chi connectivity index (χ0) is 14.6. The van der Waals surface area contributed by atoms with Gasteiger partial charge in [-0.05, 0) is 13.0 Å². The number of benzene rings is 1. The predicted octanol–water partition coefficient (Wildman–Crippen LogP) is 2.23. The number of ether oxygens (including phenoxy) is 1. The van der Waals surface area contributed by atoms with Gasteiger partial charge in [-0.25, -0.2) is 9.18 Å². The molecule has 0 bridgehead atoms. The Hall–Kier alpha value is -2.63. The number of hydrogen-bond donors (Lipinski definition) is 2. The molecule has 0 saturated carbocycles. The number of carbonyl (C=O) groups is 1. The molecular weight excluding hydrogens is 273 g/mol. The number of fused-ring (bicyclic) bond motifs is 1. The summed E-state index contributed by atoms with van der Waals surface area (Å²) in [6.45, 7) is 2.03. The number of rotatable bonds is 1. The maximum absolute atomic E-state index is 14.3. The van der Waals surface area contributed by atoms with E-state index in [0.717, 1.165) is 11.3 Å². The Kier molecular flexibility index (Phi) is 2.42. The molecule has 6 heteroatoms. The van der Waals surface area contributed by atoms with Crippen LogP contribution in [0.15, 0.2) is 35.5 Å². The molecule has 2 N–H and O–H groups in total. The van der Waals surface area contributed by atoms with Crippen molar-refractivity contribution in [1.82, 2.24) is 10.2 Å². The SMILES string of the molecule is Cc1[nH]nc2c1C(c1ccccc1F)C1=C(COC1=O)N2. The van der Waals surface area contributed by atoms with Crippen molar-refractivity contribution in [2.45, 2.75) is 12.8 Å². The number of carbonyl (C=O) groups excluding carboxylic acids is 1. The van der Waals surface area contributed by atoms with Crippen LogP contribution in [-0.2, 0) is 9.53 Å². The molecule has 0 aliphatic carbocycles. The second-order valence-electron chi connectivity index (χ2n) is 5.16. The molecule has 2 aliphatic rings. The molecular formula is C15H12FN3O2. The van der Waals surface area contributed by atoms with Gasteiger partial charge in [-0.15, -0.1) is 0 Å². The number of anilines is 1. The summed E-state index contributed by atoms with van der Waals surface area (Å²) < 4.78 is 19.4. The van der Waals surface area contributed by atoms with Gasteiger partial charge < -0.3 is 10.1 Å². The lowest BCUT2D eigenvalue weighted by Gasteiger charge is -2.24. The number of aryl methyl sites for hydroxylation is 1. The van der Waals surface area contributed by atoms with Gasteiger partial charge in [-0.2, -0.15) is 5.10 Å². The summed E-state index contributed by atoms with van der Waals surface area (Å²) in [7, 11) is 0. The number of cyclic esters (lactones) is 1. The van der Waals surface area contributed by atoms with Crippen LogP contribution in [-0.4, -0.2) is 22.8 Å². The molecule has 5 nitrogen and oxygen atoms in total. The molecule has 4 rings (SSSR count). The Morgan fingerprint density at radius 3 is 3.00 bits per heavy atom. The van der Waals surface area contributed by atoms with Crippen LogP contribution in [0.2, 0.25) is 0 Å². The summed E-state index contributed by atoms with van der Waals surface area (Å²) >= 11 is 0. The first-order valence-corrected chi connectivity index (χ1v) is 6.63. The summed E-state index contributed by atoms with van der Waals surface area (Å²) in [5.74, 6) is -0.622. The molecule has 1 aromatic heterocycles. The first kappa shape index (κ1) is 12.1. The van der Waals surface area contributed by atoms with E-state index in [1.807, 2.05) is 6.92 Å². The van der Waals surface area contributed by atoms with Crippen molar-refractivity contribution in [3.63, 3.8) is 0 Å². The maximum atomic E-state index is 14.3. The van der Waals surface area contributed by atoms with Crippen LogP contribution in [0.5, 0.6) is 0 Å². The summed E-state index contributed by atoms with van der Waals surface area (Å²) in [5, 5.41) is 10.2. The Morgan fingerprint density at radius 2 is 2.19 bits per heavy atom. The Morgan fingerprint density at radius 1 is 1.38 bits per heavy atom. The number of hydrogen-bond acceptors (Lipinski definition) is 4. The molecule has 0 radical (unpaired) electrons. The van der Waals surface area contributed by atoms with Crippen molar-refractivity contribution in [2.24, 2.45) is 0 Å². The third-order valence-corrected chi connectivity index (χ3v) is 3.95. The third kappa shape index (κ3) is 1.62. The highest BCUT2D eigenvalue weighted by Gasteiger charge is 2.41. The van der Waals surface area contributed by atoms with Crippen LogP contribution < -0.4 is 5.32 Å². The van der Waals surface area contributed by atoms with E-state index in [9.17, 15) is 9.18 Å². The topological polar surface area (TPSA) is 67.0 Å². The number of aromatic amines is 1. The molecule has 0 spiro atoms. The minimum absolute atomic E-state index is 0.171. The smallest absolute Gasteiger partial charge is 0.337 e. The van der Waals surface area contributed by atoms with Crippen molar-refractivity contribution in [1.29, 1.82) is 0 Å². The second kappa shape index (κ2) is 4.18. The minimum atomic E-state index is -0.494. The quantitative estimate of drug-likeness (QED) is 0.788. The molecule has 0 saturated heterocycles. The molecule has 3 heterocycles. The molecule has 1 atom stereocenters. The molecule has 106 valence electrons. The number of H-pyrrole nitrogens is 1. The second-order valence-corrected chi connectivity index (χ2v) is 5.16. The Balaban J connectivity index is 1.99. The van der Waals surface area contributed by atoms with Gasteiger partial charge >= 0.3 is 5.97 Å². The first-order chi connectivity index (χ1) is 10.2. The molecule has 2 aromatic rings. The Labute approximate surface area is 119 Å². The first-order valence-electron chi connectivity index (χ1n) is 6.63. The highest BCUT2D eigenvalue weighted by atomic mass is 19.1. The zero-order valence-electron chi connectivity index (χ0n) is 11.2. The van der Waals surface area contributed by atoms with E-state index in [1.165, 1.54) is 6.07 Å². The van der Waals surface area contributed by atoms with Gasteiger partial charge in [-0.1, -0.05) is 18.2 Å². The number of nitrogens with one attached hydrogen (secondary N) is 2. The highest BCUT2D eigenvalue weighted by Crippen LogP contribution is 2.45. The summed E-state index contributed by atoms with van der Waals surface area (Å²) in [5.41, 5.74) is 3.18. The van der Waals surface area contributed by atoms with Crippen molar-refractivity contribution in [3.8, 4) is 0 Å². The predicted molar refractivity (Wildman–Crippen MR) is 73.2 cm³/mol. The lowest BCUT2D eigenvalue weighted by molar-refractivity contribution is -0.136. The summed E-state index contributed by atoms with van der Waals surface area (Å²) in [6.07, 6.45) is 0. The Bertz CT molecular complexity index is 794. The lowest BCUT2D eigenvalue weighted by Crippen LogP contribution is -2.20. The van der Waals surface area contributed by atoms with Crippen LogP contribution in [0.1, 0.15) is 22.7 Å². The molecule has 21 heavy (non-hydrogen) atoms. The van der Waals surface area contributed by atoms with E-state index in [4.69, 9.17) is 4.74 Å². The fourth-order valence-electron chi connectivity index (χ4n) is 3.01. The van der Waals surface area contributed by atoms with Gasteiger partial charge in [0.25, 0.3) is 0 Å². The number of nitrogens with zero attached hydrogens (tertiary/aromatic N) is 1. The molecule has 1 aromatic carbocycles. The van der Waals surface area contributed by atoms with Crippen LogP contribution in [0, 0.1) is 12.7 Å². The highest BCUT2D eigenvalue weighted by molar-refractivity contribution is 5.97. The maximum Gasteiger partial charge on any atom is 0.337 e. The standard InChI is InChI=1S/C15H12FN3O2/c1-7-11-12(8-4-2-3-5-9(8)16)13-10(6-21-15(13)20)17-14(11)19-18-7/h2-5,12H,6H2,1H3,(H2,17,18,19). The van der Waals surface area contributed by atoms with Crippen molar-refractivity contribution < 1.29 is 13.9 Å². The summed E-state index contributed by atoms with van der Waals surface area (Å²) in [6, 6.07) is 6.48. The van der Waals surface area contributed by atoms with Gasteiger partial charge in [0.2, 0.25) is 0 Å². The van der Waals surface area contributed by atoms with E-state index in [2.05, 4.69) is 15.5 Å². The fraction of sp³-hybridized carbons (Fsp3) is 0.200. The minimum Gasteiger partial charge on any atom is -0.456 e. The van der Waals surface area contributed by atoms with Crippen LogP contribution in [0.3, 0.4) is 0 Å². The van der Waals surface area contributed by atoms with Crippen LogP contribution in [0.4, 0.5) is 10.2 Å². The van der Waals surface area contributed by atoms with E-state index >= 15 is 0 Å². The number of halogens is 1. The largest absolute Gasteiger partial charge is 0.456 e. The third-order valence-electron chi connectivity index (χ3n) is 3.95. The van der Waals surface area contributed by atoms with E-state index in [1.54, 1.807) is 18.2 Å². The molecule has 0 amide bonds. The van der Waals surface area contributed by atoms with Gasteiger partial charge in [0.15, 0.2) is 5.82 Å². The average Bonchev–Trinajstić information content (AvgIpc) is 3.03. The molecule has 2 aliphatic heterocycles. The van der Waals surface area contributed by atoms with Gasteiger partial charge in [-0.3, -0.25) is 5.10 Å². The van der Waals surface area contributed by atoms with Gasteiger partial charge in [0.05, 0.1) is 17.2 Å². The van der Waals surface area contributed by atoms with E-state index in [-0.39, 0.29) is 12.4 Å². The van der Waals surface area contributed by atoms with Crippen LogP contribution >= 0.6 is 0 Å². The molecule has 0 fully saturated rings. The van der Waals surface area contributed by atoms with E-state index < -0.39 is 11.9 Å². The lowest BCUT2D eigenvalue weighted by atomic mass is 9.82. The van der Waals surface area contributed by atoms with Gasteiger partial charge in [0, 0.05) is 16.8 Å². The number of esters is 1. The van der Waals surface area contributed by atoms with E-state index in [0.29, 0.717) is 22.7 Å². The van der Waals surface area contributed by atoms with Crippen molar-refractivity contribution >= 4 is 11.8 Å². The number of aromatic nitrogens is 2. The van der Waals surface area contributed by atoms with Crippen molar-refractivity contribution in [2.75, 3.05) is 11.9 Å². The normalized spacial score (nSPS) is 19.9. The van der Waals surface area contributed by atoms with Gasteiger partial charge in [0.1, 0.15) is 12.4 Å². The van der Waals surface area contributed by atoms with Crippen LogP contribution in [0.25, 0.3) is 0 Å². The zero-order valence-corrected chi connectivity index (χ0v) is 11.2.